The Balaban J connectivity index is 3.31. The van der Waals surface area contributed by atoms with Gasteiger partial charge in [-0.3, -0.25) is 0 Å². The first-order chi connectivity index (χ1) is 7.67. The molecule has 16 heavy (non-hydrogen) atoms. The van der Waals surface area contributed by atoms with Gasteiger partial charge in [0, 0.05) is 12.1 Å². The highest BCUT2D eigenvalue weighted by Crippen LogP contribution is 2.39. The Labute approximate surface area is 100 Å². The van der Waals surface area contributed by atoms with Crippen molar-refractivity contribution in [2.45, 2.75) is 5.50 Å². The summed E-state index contributed by atoms with van der Waals surface area (Å²) in [5.41, 5.74) is 0.380. The quantitative estimate of drug-likeness (QED) is 0.638. The van der Waals surface area contributed by atoms with Crippen molar-refractivity contribution in [2.24, 2.45) is 0 Å². The van der Waals surface area contributed by atoms with E-state index in [0.717, 1.165) is 5.56 Å². The molecule has 1 aromatic rings. The minimum atomic E-state index is -0.379. The van der Waals surface area contributed by atoms with Crippen molar-refractivity contribution in [3.8, 4) is 17.2 Å². The van der Waals surface area contributed by atoms with Gasteiger partial charge in [0.15, 0.2) is 0 Å². The molecule has 0 fully saturated rings. The fraction of sp³-hybridized carbons (Fsp3) is 0.455. The number of alkyl halides is 1. The predicted molar refractivity (Wildman–Crippen MR) is 63.8 cm³/mol. The zero-order chi connectivity index (χ0) is 12.1. The fourth-order valence-corrected chi connectivity index (χ4v) is 1.64. The zero-order valence-electron chi connectivity index (χ0n) is 9.83. The van der Waals surface area contributed by atoms with Gasteiger partial charge < -0.3 is 19.5 Å². The molecule has 0 saturated carbocycles. The second-order valence-corrected chi connectivity index (χ2v) is 3.53. The highest BCUT2D eigenvalue weighted by atomic mass is 35.5. The number of benzene rings is 1. The Morgan fingerprint density at radius 3 is 1.88 bits per heavy atom. The van der Waals surface area contributed by atoms with E-state index in [0.29, 0.717) is 17.2 Å². The van der Waals surface area contributed by atoms with Crippen LogP contribution in [0.4, 0.5) is 0 Å². The third kappa shape index (κ3) is 2.51. The number of ether oxygens (including phenoxy) is 3. The molecular formula is C11H16ClNO3. The number of hydrogen-bond acceptors (Lipinski definition) is 4. The summed E-state index contributed by atoms with van der Waals surface area (Å²) in [5, 5.41) is 2.93. The van der Waals surface area contributed by atoms with Gasteiger partial charge in [0.1, 0.15) is 22.7 Å². The molecule has 90 valence electrons. The van der Waals surface area contributed by atoms with E-state index in [2.05, 4.69) is 5.32 Å². The lowest BCUT2D eigenvalue weighted by molar-refractivity contribution is 0.366. The smallest absolute Gasteiger partial charge is 0.132 e. The highest BCUT2D eigenvalue weighted by molar-refractivity contribution is 6.21. The largest absolute Gasteiger partial charge is 0.496 e. The van der Waals surface area contributed by atoms with E-state index in [1.165, 1.54) is 0 Å². The summed E-state index contributed by atoms with van der Waals surface area (Å²) >= 11 is 6.14. The summed E-state index contributed by atoms with van der Waals surface area (Å²) in [7, 11) is 6.51. The van der Waals surface area contributed by atoms with Gasteiger partial charge in [-0.15, -0.1) is 11.6 Å². The molecule has 1 aromatic carbocycles. The van der Waals surface area contributed by atoms with E-state index in [1.807, 2.05) is 0 Å². The molecule has 0 aliphatic heterocycles. The lowest BCUT2D eigenvalue weighted by Gasteiger charge is -2.18. The van der Waals surface area contributed by atoms with Gasteiger partial charge >= 0.3 is 0 Å². The molecule has 0 heterocycles. The fourth-order valence-electron chi connectivity index (χ4n) is 1.43. The lowest BCUT2D eigenvalue weighted by atomic mass is 10.1. The monoisotopic (exact) mass is 245 g/mol. The van der Waals surface area contributed by atoms with Crippen LogP contribution >= 0.6 is 11.6 Å². The van der Waals surface area contributed by atoms with Gasteiger partial charge in [-0.05, 0) is 7.05 Å². The first kappa shape index (κ1) is 12.9. The van der Waals surface area contributed by atoms with Crippen LogP contribution in [0.5, 0.6) is 17.2 Å². The van der Waals surface area contributed by atoms with Crippen LogP contribution in [0.1, 0.15) is 11.1 Å². The van der Waals surface area contributed by atoms with E-state index >= 15 is 0 Å². The van der Waals surface area contributed by atoms with Crippen LogP contribution in [-0.2, 0) is 0 Å². The summed E-state index contributed by atoms with van der Waals surface area (Å²) in [4.78, 5) is 0. The molecule has 1 atom stereocenters. The minimum Gasteiger partial charge on any atom is -0.496 e. The van der Waals surface area contributed by atoms with Gasteiger partial charge in [-0.1, -0.05) is 0 Å². The molecule has 1 N–H and O–H groups in total. The molecule has 0 aliphatic carbocycles. The van der Waals surface area contributed by atoms with Crippen molar-refractivity contribution >= 4 is 11.6 Å². The summed E-state index contributed by atoms with van der Waals surface area (Å²) in [6, 6.07) is 3.54. The molecule has 0 spiro atoms. The maximum Gasteiger partial charge on any atom is 0.132 e. The summed E-state index contributed by atoms with van der Waals surface area (Å²) in [6.45, 7) is 0. The molecule has 0 aromatic heterocycles. The van der Waals surface area contributed by atoms with Crippen molar-refractivity contribution in [2.75, 3.05) is 28.4 Å². The van der Waals surface area contributed by atoms with E-state index in [9.17, 15) is 0 Å². The molecule has 0 aliphatic rings. The molecule has 0 saturated heterocycles. The van der Waals surface area contributed by atoms with Crippen molar-refractivity contribution in [1.82, 2.24) is 5.32 Å². The lowest BCUT2D eigenvalue weighted by Crippen LogP contribution is -2.12. The van der Waals surface area contributed by atoms with Crippen molar-refractivity contribution in [1.29, 1.82) is 0 Å². The zero-order valence-corrected chi connectivity index (χ0v) is 10.6. The maximum absolute atomic E-state index is 6.14. The second-order valence-electron chi connectivity index (χ2n) is 3.10. The normalized spacial score (nSPS) is 12.1. The number of halogens is 1. The van der Waals surface area contributed by atoms with Crippen molar-refractivity contribution < 1.29 is 14.2 Å². The van der Waals surface area contributed by atoms with Crippen molar-refractivity contribution in [3.63, 3.8) is 0 Å². The van der Waals surface area contributed by atoms with Crippen LogP contribution in [0.15, 0.2) is 12.1 Å². The highest BCUT2D eigenvalue weighted by Gasteiger charge is 2.19. The standard InChI is InChI=1S/C11H16ClNO3/c1-13-11(12)10-8(15-3)5-7(14-2)6-9(10)16-4/h5-6,11,13H,1-4H3. The maximum atomic E-state index is 6.14. The van der Waals surface area contributed by atoms with Crippen LogP contribution in [0.25, 0.3) is 0 Å². The molecule has 5 heteroatoms. The summed E-state index contributed by atoms with van der Waals surface area (Å²) in [5.74, 6) is 1.92. The average Bonchev–Trinajstić information content (AvgIpc) is 2.35. The van der Waals surface area contributed by atoms with Gasteiger partial charge in [-0.2, -0.15) is 0 Å². The Kier molecular flexibility index (Phi) is 4.71. The van der Waals surface area contributed by atoms with E-state index in [1.54, 1.807) is 40.5 Å². The van der Waals surface area contributed by atoms with E-state index < -0.39 is 0 Å². The summed E-state index contributed by atoms with van der Waals surface area (Å²) < 4.78 is 15.7. The van der Waals surface area contributed by atoms with Crippen LogP contribution in [0.2, 0.25) is 0 Å². The molecule has 1 unspecified atom stereocenters. The van der Waals surface area contributed by atoms with Crippen molar-refractivity contribution in [3.05, 3.63) is 17.7 Å². The first-order valence-electron chi connectivity index (χ1n) is 4.79. The third-order valence-corrected chi connectivity index (χ3v) is 2.70. The number of methoxy groups -OCH3 is 3. The van der Waals surface area contributed by atoms with Gasteiger partial charge in [0.25, 0.3) is 0 Å². The van der Waals surface area contributed by atoms with Crippen LogP contribution in [-0.4, -0.2) is 28.4 Å². The predicted octanol–water partition coefficient (Wildman–Crippen LogP) is 2.17. The number of hydrogen-bond donors (Lipinski definition) is 1. The number of nitrogens with one attached hydrogen (secondary N) is 1. The van der Waals surface area contributed by atoms with E-state index in [4.69, 9.17) is 25.8 Å². The molecule has 0 bridgehead atoms. The van der Waals surface area contributed by atoms with E-state index in [-0.39, 0.29) is 5.50 Å². The van der Waals surface area contributed by atoms with Crippen LogP contribution < -0.4 is 19.5 Å². The summed E-state index contributed by atoms with van der Waals surface area (Å²) in [6.07, 6.45) is 0. The molecule has 0 radical (unpaired) electrons. The Morgan fingerprint density at radius 2 is 1.56 bits per heavy atom. The van der Waals surface area contributed by atoms with Gasteiger partial charge in [0.2, 0.25) is 0 Å². The van der Waals surface area contributed by atoms with Gasteiger partial charge in [-0.25, -0.2) is 0 Å². The average molecular weight is 246 g/mol. The molecule has 1 rings (SSSR count). The third-order valence-electron chi connectivity index (χ3n) is 2.26. The van der Waals surface area contributed by atoms with Crippen LogP contribution in [0.3, 0.4) is 0 Å². The molecular weight excluding hydrogens is 230 g/mol. The Hall–Kier alpha value is -1.13. The topological polar surface area (TPSA) is 39.7 Å². The Morgan fingerprint density at radius 1 is 1.06 bits per heavy atom. The number of rotatable bonds is 5. The molecule has 0 amide bonds. The van der Waals surface area contributed by atoms with Crippen LogP contribution in [0, 0.1) is 0 Å². The van der Waals surface area contributed by atoms with Gasteiger partial charge in [0.05, 0.1) is 26.9 Å². The Bertz CT molecular complexity index is 332. The second kappa shape index (κ2) is 5.82. The SMILES string of the molecule is CNC(Cl)c1c(OC)cc(OC)cc1OC. The molecule has 4 nitrogen and oxygen atoms in total. The first-order valence-corrected chi connectivity index (χ1v) is 5.22. The minimum absolute atomic E-state index is 0.379.